The van der Waals surface area contributed by atoms with Crippen LogP contribution in [0.3, 0.4) is 0 Å². The molecule has 1 heterocycles. The maximum Gasteiger partial charge on any atom is 0.747 e. The first-order valence-electron chi connectivity index (χ1n) is 5.32. The minimum atomic E-state index is -2.91. The molecule has 0 aliphatic heterocycles. The topological polar surface area (TPSA) is 132 Å². The minimum Gasteiger partial charge on any atom is -0.298 e. The van der Waals surface area contributed by atoms with Crippen LogP contribution in [0.15, 0.2) is 30.5 Å². The summed E-state index contributed by atoms with van der Waals surface area (Å²) in [7, 11) is -2.91. The van der Waals surface area contributed by atoms with E-state index in [9.17, 15) is 19.5 Å². The van der Waals surface area contributed by atoms with Crippen LogP contribution < -0.4 is 9.84 Å². The summed E-state index contributed by atoms with van der Waals surface area (Å²) in [5, 5.41) is 12.7. The van der Waals surface area contributed by atoms with Crippen LogP contribution in [-0.4, -0.2) is 20.7 Å². The van der Waals surface area contributed by atoms with Crippen molar-refractivity contribution in [1.82, 2.24) is 4.98 Å². The van der Waals surface area contributed by atoms with Gasteiger partial charge in [-0.05, 0) is 23.5 Å². The molecule has 1 aromatic carbocycles. The van der Waals surface area contributed by atoms with E-state index in [0.717, 1.165) is 6.20 Å². The van der Waals surface area contributed by atoms with Crippen molar-refractivity contribution in [2.24, 2.45) is 0 Å². The van der Waals surface area contributed by atoms with E-state index in [-0.39, 0.29) is 21.4 Å². The highest BCUT2D eigenvalue weighted by Crippen LogP contribution is 2.29. The number of thiazole rings is 1. The number of hydrogen-bond donors (Lipinski definition) is 2. The lowest BCUT2D eigenvalue weighted by atomic mass is 10.2. The molecule has 2 rings (SSSR count). The van der Waals surface area contributed by atoms with Crippen LogP contribution in [0.4, 0.5) is 10.1 Å². The summed E-state index contributed by atoms with van der Waals surface area (Å²) in [6.45, 7) is 0. The highest BCUT2D eigenvalue weighted by Gasteiger charge is 2.22. The summed E-state index contributed by atoms with van der Waals surface area (Å²) in [5.41, 5.74) is 0.00718. The van der Waals surface area contributed by atoms with E-state index in [1.165, 1.54) is 24.3 Å². The van der Waals surface area contributed by atoms with E-state index < -0.39 is 19.1 Å². The van der Waals surface area contributed by atoms with Crippen LogP contribution >= 0.6 is 19.6 Å². The number of hydrogen-bond acceptors (Lipinski definition) is 7. The van der Waals surface area contributed by atoms with E-state index >= 15 is 0 Å². The molecular formula is C10H7N3O6PS+. The number of carbonyl (C=O) groups excluding carboxylic acids is 1. The summed E-state index contributed by atoms with van der Waals surface area (Å²) in [4.78, 5) is 34.4. The fourth-order valence-electron chi connectivity index (χ4n) is 1.39. The number of nitro groups is 1. The summed E-state index contributed by atoms with van der Waals surface area (Å²) < 4.78 is 15.3. The Morgan fingerprint density at radius 3 is 2.81 bits per heavy atom. The number of benzene rings is 1. The average Bonchev–Trinajstić information content (AvgIpc) is 2.87. The first kappa shape index (κ1) is 15.0. The number of carbonyl (C=O) groups is 1. The number of anilines is 1. The summed E-state index contributed by atoms with van der Waals surface area (Å²) in [6.07, 6.45) is 1.02. The van der Waals surface area contributed by atoms with Gasteiger partial charge in [-0.2, -0.15) is 0 Å². The van der Waals surface area contributed by atoms with E-state index in [4.69, 9.17) is 4.89 Å². The van der Waals surface area contributed by atoms with E-state index in [1.807, 2.05) is 0 Å². The van der Waals surface area contributed by atoms with Gasteiger partial charge >= 0.3 is 13.3 Å². The molecular weight excluding hydrogens is 321 g/mol. The monoisotopic (exact) mass is 328 g/mol. The van der Waals surface area contributed by atoms with E-state index in [2.05, 4.69) is 14.8 Å². The van der Waals surface area contributed by atoms with Crippen molar-refractivity contribution < 1.29 is 23.7 Å². The normalized spacial score (nSPS) is 10.8. The molecule has 0 saturated carbocycles. The number of aromatic nitrogens is 1. The Morgan fingerprint density at radius 2 is 2.19 bits per heavy atom. The van der Waals surface area contributed by atoms with Crippen LogP contribution in [0.5, 0.6) is 5.75 Å². The molecule has 2 N–H and O–H groups in total. The minimum absolute atomic E-state index is 0.00718. The maximum absolute atomic E-state index is 12.0. The smallest absolute Gasteiger partial charge is 0.298 e. The second-order valence-corrected chi connectivity index (χ2v) is 5.21. The maximum atomic E-state index is 12.0. The van der Waals surface area contributed by atoms with E-state index in [1.54, 1.807) is 0 Å². The van der Waals surface area contributed by atoms with Crippen LogP contribution in [0.2, 0.25) is 0 Å². The molecule has 108 valence electrons. The van der Waals surface area contributed by atoms with Crippen molar-refractivity contribution in [2.75, 3.05) is 5.32 Å². The number of para-hydroxylation sites is 1. The fourth-order valence-corrected chi connectivity index (χ4v) is 2.34. The zero-order valence-corrected chi connectivity index (χ0v) is 11.8. The SMILES string of the molecule is O=C(Nc1ncc([N+](=O)[O-])s1)c1ccccc1O[P+](=O)O. The number of nitrogens with one attached hydrogen (secondary N) is 1. The zero-order valence-electron chi connectivity index (χ0n) is 10.1. The van der Waals surface area contributed by atoms with Gasteiger partial charge in [0.05, 0.1) is 10.5 Å². The predicted molar refractivity (Wildman–Crippen MR) is 73.6 cm³/mol. The standard InChI is InChI=1S/C10H6N3O6PS/c14-9(12-10-11-5-8(21-10)13(15)16)6-3-1-2-4-7(6)19-20(17)18/h1-5H,(H-,11,12,14,17,18)/p+1. The van der Waals surface area contributed by atoms with Crippen molar-refractivity contribution in [3.63, 3.8) is 0 Å². The zero-order chi connectivity index (χ0) is 15.4. The molecule has 0 radical (unpaired) electrons. The van der Waals surface area contributed by atoms with Gasteiger partial charge in [-0.25, -0.2) is 9.51 Å². The first-order chi connectivity index (χ1) is 9.97. The molecule has 2 aromatic rings. The number of amides is 1. The van der Waals surface area contributed by atoms with Gasteiger partial charge in [0.1, 0.15) is 6.20 Å². The molecule has 0 aliphatic rings. The van der Waals surface area contributed by atoms with Crippen LogP contribution in [0, 0.1) is 10.1 Å². The molecule has 0 spiro atoms. The Kier molecular flexibility index (Phi) is 4.53. The summed E-state index contributed by atoms with van der Waals surface area (Å²) in [5.74, 6) is -0.739. The average molecular weight is 328 g/mol. The molecule has 1 atom stereocenters. The van der Waals surface area contributed by atoms with Gasteiger partial charge in [-0.3, -0.25) is 20.2 Å². The highest BCUT2D eigenvalue weighted by molar-refractivity contribution is 7.32. The quantitative estimate of drug-likeness (QED) is 0.489. The molecule has 0 fully saturated rings. The van der Waals surface area contributed by atoms with Gasteiger partial charge in [-0.1, -0.05) is 12.1 Å². The lowest BCUT2D eigenvalue weighted by Gasteiger charge is -2.03. The summed E-state index contributed by atoms with van der Waals surface area (Å²) in [6, 6.07) is 5.80. The molecule has 1 aromatic heterocycles. The van der Waals surface area contributed by atoms with E-state index in [0.29, 0.717) is 11.3 Å². The third-order valence-corrected chi connectivity index (χ3v) is 3.42. The van der Waals surface area contributed by atoms with Crippen molar-refractivity contribution in [2.45, 2.75) is 0 Å². The second kappa shape index (κ2) is 6.35. The van der Waals surface area contributed by atoms with Crippen molar-refractivity contribution in [3.8, 4) is 5.75 Å². The van der Waals surface area contributed by atoms with Crippen LogP contribution in [0.1, 0.15) is 10.4 Å². The Balaban J connectivity index is 2.19. The third-order valence-electron chi connectivity index (χ3n) is 2.20. The molecule has 1 amide bonds. The van der Waals surface area contributed by atoms with Crippen molar-refractivity contribution in [1.29, 1.82) is 0 Å². The largest absolute Gasteiger partial charge is 0.747 e. The van der Waals surface area contributed by atoms with Crippen LogP contribution in [-0.2, 0) is 4.57 Å². The lowest BCUT2D eigenvalue weighted by molar-refractivity contribution is -0.380. The Hall–Kier alpha value is -2.42. The number of nitrogens with zero attached hydrogens (tertiary/aromatic N) is 2. The first-order valence-corrected chi connectivity index (χ1v) is 7.27. The Labute approximate surface area is 122 Å². The lowest BCUT2D eigenvalue weighted by Crippen LogP contribution is -2.12. The molecule has 0 saturated heterocycles. The highest BCUT2D eigenvalue weighted by atomic mass is 32.1. The molecule has 1 unspecified atom stereocenters. The second-order valence-electron chi connectivity index (χ2n) is 3.54. The number of rotatable bonds is 5. The fraction of sp³-hybridized carbons (Fsp3) is 0. The molecule has 0 bridgehead atoms. The Bertz CT molecular complexity index is 718. The van der Waals surface area contributed by atoms with Crippen molar-refractivity contribution >= 4 is 35.6 Å². The van der Waals surface area contributed by atoms with Gasteiger partial charge < -0.3 is 0 Å². The van der Waals surface area contributed by atoms with Gasteiger partial charge in [0.2, 0.25) is 5.75 Å². The predicted octanol–water partition coefficient (Wildman–Crippen LogP) is 2.33. The summed E-state index contributed by atoms with van der Waals surface area (Å²) >= 11 is 0.694. The van der Waals surface area contributed by atoms with Crippen LogP contribution in [0.25, 0.3) is 0 Å². The van der Waals surface area contributed by atoms with Gasteiger partial charge in [0, 0.05) is 4.57 Å². The molecule has 11 heteroatoms. The molecule has 21 heavy (non-hydrogen) atoms. The molecule has 9 nitrogen and oxygen atoms in total. The van der Waals surface area contributed by atoms with Crippen molar-refractivity contribution in [3.05, 3.63) is 46.1 Å². The van der Waals surface area contributed by atoms with Gasteiger partial charge in [-0.15, -0.1) is 4.89 Å². The van der Waals surface area contributed by atoms with Gasteiger partial charge in [0.25, 0.3) is 5.91 Å². The molecule has 0 aliphatic carbocycles. The van der Waals surface area contributed by atoms with Gasteiger partial charge in [0.15, 0.2) is 5.13 Å². The third kappa shape index (κ3) is 3.78. The Morgan fingerprint density at radius 1 is 1.48 bits per heavy atom.